The Kier molecular flexibility index (Phi) is 9.89. The molecule has 3 rings (SSSR count). The van der Waals surface area contributed by atoms with Gasteiger partial charge < -0.3 is 20.4 Å². The van der Waals surface area contributed by atoms with Crippen LogP contribution in [-0.4, -0.2) is 60.0 Å². The predicted molar refractivity (Wildman–Crippen MR) is 125 cm³/mol. The average Bonchev–Trinajstić information content (AvgIpc) is 3.42. The van der Waals surface area contributed by atoms with Crippen molar-refractivity contribution in [3.63, 3.8) is 0 Å². The molecule has 4 nitrogen and oxygen atoms in total. The summed E-state index contributed by atoms with van der Waals surface area (Å²) in [5.74, 6) is 1.78. The highest BCUT2D eigenvalue weighted by molar-refractivity contribution is 5.21. The number of nitrogens with one attached hydrogen (secondary N) is 1. The first-order valence-electron chi connectivity index (χ1n) is 12.7. The van der Waals surface area contributed by atoms with E-state index in [9.17, 15) is 10.2 Å². The molecule has 0 spiro atoms. The van der Waals surface area contributed by atoms with E-state index in [0.717, 1.165) is 32.4 Å². The molecule has 1 saturated heterocycles. The second-order valence-electron chi connectivity index (χ2n) is 10.3. The van der Waals surface area contributed by atoms with Gasteiger partial charge in [-0.2, -0.15) is 0 Å². The van der Waals surface area contributed by atoms with Crippen molar-refractivity contribution < 1.29 is 10.2 Å². The Morgan fingerprint density at radius 1 is 1.27 bits per heavy atom. The number of hydrogen-bond acceptors (Lipinski definition) is 4. The van der Waals surface area contributed by atoms with Crippen LogP contribution in [0.1, 0.15) is 71.6 Å². The van der Waals surface area contributed by atoms with Crippen molar-refractivity contribution in [2.45, 2.75) is 83.8 Å². The Hall–Kier alpha value is -0.680. The van der Waals surface area contributed by atoms with Gasteiger partial charge in [-0.3, -0.25) is 0 Å². The molecule has 3 N–H and O–H groups in total. The fraction of sp³-hybridized carbons (Fsp3) is 0.846. The highest BCUT2D eigenvalue weighted by atomic mass is 16.3. The van der Waals surface area contributed by atoms with E-state index in [-0.39, 0.29) is 18.1 Å². The van der Waals surface area contributed by atoms with Crippen molar-refractivity contribution in [3.8, 4) is 0 Å². The third-order valence-corrected chi connectivity index (χ3v) is 7.58. The summed E-state index contributed by atoms with van der Waals surface area (Å²) < 4.78 is 0. The maximum absolute atomic E-state index is 10.6. The molecule has 172 valence electrons. The molecule has 6 atom stereocenters. The Morgan fingerprint density at radius 3 is 2.83 bits per heavy atom. The van der Waals surface area contributed by atoms with Crippen molar-refractivity contribution in [2.75, 3.05) is 32.7 Å². The first kappa shape index (κ1) is 24.0. The SMILES string of the molecule is CCCC[C@H](C)C[C@H](O)C=C[C@@H]1[C@H]2CC(CNCCCN3CCCC3)=C[C@H]2C[C@H]1O. The first-order chi connectivity index (χ1) is 14.6. The molecule has 0 radical (unpaired) electrons. The lowest BCUT2D eigenvalue weighted by Crippen LogP contribution is -2.26. The van der Waals surface area contributed by atoms with Crippen LogP contribution in [0.4, 0.5) is 0 Å². The van der Waals surface area contributed by atoms with Crippen LogP contribution in [0.3, 0.4) is 0 Å². The largest absolute Gasteiger partial charge is 0.392 e. The monoisotopic (exact) mass is 418 g/mol. The lowest BCUT2D eigenvalue weighted by atomic mass is 9.88. The van der Waals surface area contributed by atoms with E-state index in [1.165, 1.54) is 63.7 Å². The second-order valence-corrected chi connectivity index (χ2v) is 10.3. The second kappa shape index (κ2) is 12.4. The van der Waals surface area contributed by atoms with E-state index in [4.69, 9.17) is 0 Å². The number of unbranched alkanes of at least 4 members (excludes halogenated alkanes) is 1. The lowest BCUT2D eigenvalue weighted by Gasteiger charge is -2.20. The van der Waals surface area contributed by atoms with Gasteiger partial charge in [-0.1, -0.05) is 56.9 Å². The Labute approximate surface area is 184 Å². The minimum absolute atomic E-state index is 0.194. The van der Waals surface area contributed by atoms with Gasteiger partial charge in [0, 0.05) is 12.5 Å². The molecule has 0 unspecified atom stereocenters. The minimum Gasteiger partial charge on any atom is -0.392 e. The van der Waals surface area contributed by atoms with Gasteiger partial charge in [-0.15, -0.1) is 0 Å². The number of rotatable bonds is 13. The van der Waals surface area contributed by atoms with Crippen LogP contribution in [0, 0.1) is 23.7 Å². The number of fused-ring (bicyclic) bond motifs is 1. The van der Waals surface area contributed by atoms with E-state index < -0.39 is 0 Å². The summed E-state index contributed by atoms with van der Waals surface area (Å²) in [6, 6.07) is 0. The minimum atomic E-state index is -0.380. The maximum atomic E-state index is 10.6. The van der Waals surface area contributed by atoms with Crippen LogP contribution < -0.4 is 5.32 Å². The molecule has 0 amide bonds. The molecule has 1 aliphatic heterocycles. The number of aliphatic hydroxyl groups excluding tert-OH is 2. The van der Waals surface area contributed by atoms with E-state index in [1.807, 2.05) is 6.08 Å². The van der Waals surface area contributed by atoms with Gasteiger partial charge in [-0.25, -0.2) is 0 Å². The van der Waals surface area contributed by atoms with Gasteiger partial charge in [0.25, 0.3) is 0 Å². The zero-order valence-corrected chi connectivity index (χ0v) is 19.4. The third kappa shape index (κ3) is 7.19. The van der Waals surface area contributed by atoms with Crippen molar-refractivity contribution in [3.05, 3.63) is 23.8 Å². The van der Waals surface area contributed by atoms with Crippen LogP contribution in [0.2, 0.25) is 0 Å². The average molecular weight is 419 g/mol. The number of nitrogens with zero attached hydrogens (tertiary/aromatic N) is 1. The summed E-state index contributed by atoms with van der Waals surface area (Å²) in [6.45, 7) is 10.4. The topological polar surface area (TPSA) is 55.7 Å². The number of likely N-dealkylation sites (tertiary alicyclic amines) is 1. The van der Waals surface area contributed by atoms with Gasteiger partial charge >= 0.3 is 0 Å². The van der Waals surface area contributed by atoms with E-state index in [0.29, 0.717) is 17.8 Å². The molecular weight excluding hydrogens is 372 g/mol. The molecule has 30 heavy (non-hydrogen) atoms. The molecule has 4 heteroatoms. The van der Waals surface area contributed by atoms with E-state index in [1.54, 1.807) is 0 Å². The first-order valence-corrected chi connectivity index (χ1v) is 12.7. The molecule has 0 aromatic rings. The molecule has 2 fully saturated rings. The zero-order chi connectivity index (χ0) is 21.3. The van der Waals surface area contributed by atoms with E-state index in [2.05, 4.69) is 36.2 Å². The predicted octanol–water partition coefficient (Wildman–Crippen LogP) is 4.14. The van der Waals surface area contributed by atoms with Gasteiger partial charge in [-0.05, 0) is 82.5 Å². The number of aliphatic hydroxyl groups is 2. The lowest BCUT2D eigenvalue weighted by molar-refractivity contribution is 0.139. The Balaban J connectivity index is 1.36. The molecule has 3 aliphatic rings. The van der Waals surface area contributed by atoms with Crippen LogP contribution in [0.25, 0.3) is 0 Å². The summed E-state index contributed by atoms with van der Waals surface area (Å²) in [4.78, 5) is 2.58. The number of allylic oxidation sites excluding steroid dienone is 1. The fourth-order valence-corrected chi connectivity index (χ4v) is 5.84. The van der Waals surface area contributed by atoms with Crippen molar-refractivity contribution in [1.82, 2.24) is 10.2 Å². The van der Waals surface area contributed by atoms with Crippen molar-refractivity contribution in [1.29, 1.82) is 0 Å². The summed E-state index contributed by atoms with van der Waals surface area (Å²) in [7, 11) is 0. The Morgan fingerprint density at radius 2 is 2.07 bits per heavy atom. The van der Waals surface area contributed by atoms with Crippen LogP contribution in [0.5, 0.6) is 0 Å². The quantitative estimate of drug-likeness (QED) is 0.311. The molecule has 0 aromatic carbocycles. The van der Waals surface area contributed by atoms with Gasteiger partial charge in [0.1, 0.15) is 0 Å². The summed E-state index contributed by atoms with van der Waals surface area (Å²) in [5, 5.41) is 24.6. The fourth-order valence-electron chi connectivity index (χ4n) is 5.84. The van der Waals surface area contributed by atoms with Gasteiger partial charge in [0.2, 0.25) is 0 Å². The van der Waals surface area contributed by atoms with Crippen LogP contribution in [-0.2, 0) is 0 Å². The van der Waals surface area contributed by atoms with Gasteiger partial charge in [0.05, 0.1) is 12.2 Å². The van der Waals surface area contributed by atoms with Crippen LogP contribution in [0.15, 0.2) is 23.8 Å². The summed E-state index contributed by atoms with van der Waals surface area (Å²) >= 11 is 0. The summed E-state index contributed by atoms with van der Waals surface area (Å²) in [5.41, 5.74) is 1.52. The van der Waals surface area contributed by atoms with Crippen molar-refractivity contribution in [2.24, 2.45) is 23.7 Å². The highest BCUT2D eigenvalue weighted by Gasteiger charge is 2.43. The standard InChI is InChI=1S/C26H46N2O2/c1-3-4-8-20(2)15-23(29)9-10-24-25-17-21(16-22(25)18-26(24)30)19-27-11-7-14-28-12-5-6-13-28/h9-10,16,20,22-27,29-30H,3-8,11-15,17-19H2,1-2H3/t20-,22-,23+,24+,25-,26+/m0/s1. The molecule has 0 aromatic heterocycles. The third-order valence-electron chi connectivity index (χ3n) is 7.58. The molecule has 1 heterocycles. The van der Waals surface area contributed by atoms with E-state index >= 15 is 0 Å². The van der Waals surface area contributed by atoms with Gasteiger partial charge in [0.15, 0.2) is 0 Å². The van der Waals surface area contributed by atoms with Crippen molar-refractivity contribution >= 4 is 0 Å². The zero-order valence-electron chi connectivity index (χ0n) is 19.4. The molecule has 0 bridgehead atoms. The normalized spacial score (nSPS) is 31.4. The highest BCUT2D eigenvalue weighted by Crippen LogP contribution is 2.47. The molecular formula is C26H46N2O2. The van der Waals surface area contributed by atoms with Crippen LogP contribution >= 0.6 is 0 Å². The Bertz CT molecular complexity index is 555. The number of hydrogen-bond donors (Lipinski definition) is 3. The molecule has 1 saturated carbocycles. The molecule has 2 aliphatic carbocycles. The summed E-state index contributed by atoms with van der Waals surface area (Å²) in [6.07, 6.45) is 16.3. The smallest absolute Gasteiger partial charge is 0.0723 e. The maximum Gasteiger partial charge on any atom is 0.0723 e.